The number of fused-ring (bicyclic) bond motifs is 1. The van der Waals surface area contributed by atoms with Crippen LogP contribution in [0.25, 0.3) is 11.0 Å². The van der Waals surface area contributed by atoms with E-state index in [9.17, 15) is 4.39 Å². The summed E-state index contributed by atoms with van der Waals surface area (Å²) in [6, 6.07) is 3.26. The maximum Gasteiger partial charge on any atom is 0.140 e. The van der Waals surface area contributed by atoms with Crippen molar-refractivity contribution in [2.45, 2.75) is 34.2 Å². The molecule has 2 nitrogen and oxygen atoms in total. The molecule has 0 aliphatic carbocycles. The molecule has 0 aliphatic heterocycles. The van der Waals surface area contributed by atoms with Crippen molar-refractivity contribution in [2.75, 3.05) is 6.54 Å². The molecule has 0 atom stereocenters. The van der Waals surface area contributed by atoms with Crippen molar-refractivity contribution in [2.24, 2.45) is 5.92 Å². The van der Waals surface area contributed by atoms with Crippen LogP contribution in [0, 0.1) is 25.6 Å². The number of furan rings is 1. The maximum absolute atomic E-state index is 13.8. The minimum atomic E-state index is -0.202. The summed E-state index contributed by atoms with van der Waals surface area (Å²) in [5.41, 5.74) is 2.56. The van der Waals surface area contributed by atoms with Crippen molar-refractivity contribution in [3.8, 4) is 0 Å². The molecule has 1 N–H and O–H groups in total. The Morgan fingerprint density at radius 1 is 1.28 bits per heavy atom. The second-order valence-corrected chi connectivity index (χ2v) is 5.24. The van der Waals surface area contributed by atoms with Crippen LogP contribution in [-0.4, -0.2) is 6.54 Å². The normalized spacial score (nSPS) is 11.7. The van der Waals surface area contributed by atoms with Crippen LogP contribution in [0.1, 0.15) is 30.7 Å². The van der Waals surface area contributed by atoms with E-state index >= 15 is 0 Å². The highest BCUT2D eigenvalue weighted by Gasteiger charge is 2.15. The second-order valence-electron chi connectivity index (χ2n) is 5.24. The molecular weight excluding hydrogens is 229 g/mol. The summed E-state index contributed by atoms with van der Waals surface area (Å²) in [6.07, 6.45) is 0. The van der Waals surface area contributed by atoms with E-state index in [0.717, 1.165) is 23.4 Å². The topological polar surface area (TPSA) is 25.2 Å². The minimum absolute atomic E-state index is 0.202. The Kier molecular flexibility index (Phi) is 3.71. The van der Waals surface area contributed by atoms with Gasteiger partial charge in [-0.25, -0.2) is 4.39 Å². The van der Waals surface area contributed by atoms with Crippen LogP contribution in [0.15, 0.2) is 16.5 Å². The molecule has 0 radical (unpaired) electrons. The molecule has 0 bridgehead atoms. The van der Waals surface area contributed by atoms with E-state index in [2.05, 4.69) is 19.2 Å². The van der Waals surface area contributed by atoms with Gasteiger partial charge >= 0.3 is 0 Å². The number of nitrogens with one attached hydrogen (secondary N) is 1. The SMILES string of the molecule is Cc1ccc(F)c2c(C)c(CNCC(C)C)oc12. The van der Waals surface area contributed by atoms with Gasteiger partial charge in [0.2, 0.25) is 0 Å². The Labute approximate surface area is 107 Å². The lowest BCUT2D eigenvalue weighted by Gasteiger charge is -2.05. The summed E-state index contributed by atoms with van der Waals surface area (Å²) >= 11 is 0. The van der Waals surface area contributed by atoms with Gasteiger partial charge in [0.15, 0.2) is 0 Å². The van der Waals surface area contributed by atoms with Gasteiger partial charge in [0.1, 0.15) is 17.2 Å². The zero-order valence-electron chi connectivity index (χ0n) is 11.4. The van der Waals surface area contributed by atoms with Crippen molar-refractivity contribution in [3.63, 3.8) is 0 Å². The fourth-order valence-corrected chi connectivity index (χ4v) is 2.13. The molecule has 0 saturated carbocycles. The van der Waals surface area contributed by atoms with Crippen molar-refractivity contribution in [3.05, 3.63) is 34.8 Å². The number of benzene rings is 1. The van der Waals surface area contributed by atoms with Gasteiger partial charge in [0.05, 0.1) is 11.9 Å². The Morgan fingerprint density at radius 2 is 2.00 bits per heavy atom. The number of halogens is 1. The van der Waals surface area contributed by atoms with E-state index in [1.165, 1.54) is 6.07 Å². The molecule has 1 aromatic carbocycles. The summed E-state index contributed by atoms with van der Waals surface area (Å²) in [5, 5.41) is 3.95. The number of aryl methyl sites for hydroxylation is 2. The maximum atomic E-state index is 13.8. The van der Waals surface area contributed by atoms with Gasteiger partial charge in [-0.1, -0.05) is 19.9 Å². The lowest BCUT2D eigenvalue weighted by Crippen LogP contribution is -2.18. The molecule has 0 unspecified atom stereocenters. The molecule has 18 heavy (non-hydrogen) atoms. The van der Waals surface area contributed by atoms with Crippen LogP contribution in [0.3, 0.4) is 0 Å². The number of hydrogen-bond acceptors (Lipinski definition) is 2. The summed E-state index contributed by atoms with van der Waals surface area (Å²) in [6.45, 7) is 9.75. The first-order valence-electron chi connectivity index (χ1n) is 6.38. The van der Waals surface area contributed by atoms with Crippen LogP contribution in [0.2, 0.25) is 0 Å². The largest absolute Gasteiger partial charge is 0.459 e. The minimum Gasteiger partial charge on any atom is -0.459 e. The predicted octanol–water partition coefficient (Wildman–Crippen LogP) is 3.93. The molecule has 0 fully saturated rings. The number of hydrogen-bond donors (Lipinski definition) is 1. The molecule has 1 heterocycles. The third kappa shape index (κ3) is 2.41. The van der Waals surface area contributed by atoms with E-state index in [1.807, 2.05) is 13.8 Å². The molecule has 0 amide bonds. The van der Waals surface area contributed by atoms with Crippen molar-refractivity contribution < 1.29 is 8.81 Å². The van der Waals surface area contributed by atoms with Gasteiger partial charge in [-0.15, -0.1) is 0 Å². The Hall–Kier alpha value is -1.35. The summed E-state index contributed by atoms with van der Waals surface area (Å²) in [7, 11) is 0. The van der Waals surface area contributed by atoms with Crippen LogP contribution in [-0.2, 0) is 6.54 Å². The van der Waals surface area contributed by atoms with Crippen LogP contribution in [0.5, 0.6) is 0 Å². The first kappa shape index (κ1) is 13.1. The average Bonchev–Trinajstić information content (AvgIpc) is 2.63. The Balaban J connectivity index is 2.33. The number of rotatable bonds is 4. The molecule has 2 rings (SSSR count). The Morgan fingerprint density at radius 3 is 2.61 bits per heavy atom. The average molecular weight is 249 g/mol. The molecule has 1 aromatic heterocycles. The van der Waals surface area contributed by atoms with Crippen LogP contribution >= 0.6 is 0 Å². The molecule has 2 aromatic rings. The standard InChI is InChI=1S/C15H20FNO/c1-9(2)7-17-8-13-11(4)14-12(16)6-5-10(3)15(14)18-13/h5-6,9,17H,7-8H2,1-4H3. The van der Waals surface area contributed by atoms with Crippen LogP contribution < -0.4 is 5.32 Å². The third-order valence-corrected chi connectivity index (χ3v) is 3.16. The molecule has 3 heteroatoms. The van der Waals surface area contributed by atoms with E-state index in [4.69, 9.17) is 4.42 Å². The van der Waals surface area contributed by atoms with E-state index in [1.54, 1.807) is 6.07 Å². The fourth-order valence-electron chi connectivity index (χ4n) is 2.13. The molecular formula is C15H20FNO. The van der Waals surface area contributed by atoms with Gasteiger partial charge in [-0.2, -0.15) is 0 Å². The zero-order valence-corrected chi connectivity index (χ0v) is 11.4. The summed E-state index contributed by atoms with van der Waals surface area (Å²) < 4.78 is 19.6. The first-order valence-corrected chi connectivity index (χ1v) is 6.38. The lowest BCUT2D eigenvalue weighted by molar-refractivity contribution is 0.482. The predicted molar refractivity (Wildman–Crippen MR) is 72.2 cm³/mol. The van der Waals surface area contributed by atoms with E-state index in [-0.39, 0.29) is 5.82 Å². The van der Waals surface area contributed by atoms with Gasteiger partial charge in [-0.3, -0.25) is 0 Å². The smallest absolute Gasteiger partial charge is 0.140 e. The van der Waals surface area contributed by atoms with Gasteiger partial charge < -0.3 is 9.73 Å². The lowest BCUT2D eigenvalue weighted by atomic mass is 10.1. The molecule has 0 spiro atoms. The first-order chi connectivity index (χ1) is 8.50. The van der Waals surface area contributed by atoms with Crippen molar-refractivity contribution in [1.82, 2.24) is 5.32 Å². The molecule has 98 valence electrons. The summed E-state index contributed by atoms with van der Waals surface area (Å²) in [5.74, 6) is 1.22. The molecule has 0 saturated heterocycles. The second kappa shape index (κ2) is 5.11. The third-order valence-electron chi connectivity index (χ3n) is 3.16. The van der Waals surface area contributed by atoms with Crippen molar-refractivity contribution >= 4 is 11.0 Å². The molecule has 0 aliphatic rings. The Bertz CT molecular complexity index is 557. The highest BCUT2D eigenvalue weighted by Crippen LogP contribution is 2.29. The quantitative estimate of drug-likeness (QED) is 0.888. The van der Waals surface area contributed by atoms with E-state index < -0.39 is 0 Å². The highest BCUT2D eigenvalue weighted by molar-refractivity contribution is 5.85. The zero-order chi connectivity index (χ0) is 13.3. The highest BCUT2D eigenvalue weighted by atomic mass is 19.1. The fraction of sp³-hybridized carbons (Fsp3) is 0.467. The van der Waals surface area contributed by atoms with Gasteiger partial charge in [0.25, 0.3) is 0 Å². The van der Waals surface area contributed by atoms with E-state index in [0.29, 0.717) is 23.4 Å². The van der Waals surface area contributed by atoms with Crippen molar-refractivity contribution in [1.29, 1.82) is 0 Å². The monoisotopic (exact) mass is 249 g/mol. The summed E-state index contributed by atoms with van der Waals surface area (Å²) in [4.78, 5) is 0. The van der Waals surface area contributed by atoms with Gasteiger partial charge in [0, 0.05) is 5.56 Å². The van der Waals surface area contributed by atoms with Gasteiger partial charge in [-0.05, 0) is 37.9 Å². The van der Waals surface area contributed by atoms with Crippen LogP contribution in [0.4, 0.5) is 4.39 Å².